The van der Waals surface area contributed by atoms with E-state index in [2.05, 4.69) is 4.74 Å². The Balaban J connectivity index is 3.84. The minimum Gasteiger partial charge on any atom is -0.490 e. The van der Waals surface area contributed by atoms with Gasteiger partial charge in [-0.25, -0.2) is 19.2 Å². The molecule has 0 heterocycles. The number of methoxy groups -OCH3 is 2. The van der Waals surface area contributed by atoms with E-state index in [1.807, 2.05) is 0 Å². The SMILES string of the molecule is COC(=O)C=Cc1cc(OC(=O)C(O)CO)c(OC(=O)C(O)CO)c(OC)c1OC(=O)C(O)CO. The maximum absolute atomic E-state index is 12.1. The number of hydrogen-bond acceptors (Lipinski definition) is 15. The number of hydrogen-bond donors (Lipinski definition) is 6. The molecule has 0 amide bonds. The highest BCUT2D eigenvalue weighted by molar-refractivity contribution is 5.90. The molecule has 1 aromatic rings. The zero-order valence-electron chi connectivity index (χ0n) is 18.4. The van der Waals surface area contributed by atoms with Crippen LogP contribution in [0.2, 0.25) is 0 Å². The van der Waals surface area contributed by atoms with Crippen LogP contribution in [0.5, 0.6) is 23.0 Å². The van der Waals surface area contributed by atoms with Gasteiger partial charge in [-0.15, -0.1) is 0 Å². The van der Waals surface area contributed by atoms with Gasteiger partial charge in [0.1, 0.15) is 0 Å². The standard InChI is InChI=1S/C20H24O15/c1-31-14(27)4-3-9-5-13(33-18(28)10(24)6-21)16(35-20(30)12(26)8-23)17(32-2)15(9)34-19(29)11(25)7-22/h3-5,10-12,21-26H,6-8H2,1-2H3. The van der Waals surface area contributed by atoms with Crippen molar-refractivity contribution in [1.82, 2.24) is 0 Å². The van der Waals surface area contributed by atoms with Crippen LogP contribution in [0.4, 0.5) is 0 Å². The monoisotopic (exact) mass is 504 g/mol. The van der Waals surface area contributed by atoms with Gasteiger partial charge in [0.15, 0.2) is 29.8 Å². The molecule has 1 rings (SSSR count). The molecule has 1 aromatic carbocycles. The molecule has 6 N–H and O–H groups in total. The molecule has 0 spiro atoms. The summed E-state index contributed by atoms with van der Waals surface area (Å²) in [5.41, 5.74) is -0.269. The van der Waals surface area contributed by atoms with E-state index in [0.29, 0.717) is 0 Å². The second-order valence-electron chi connectivity index (χ2n) is 6.37. The van der Waals surface area contributed by atoms with Gasteiger partial charge < -0.3 is 54.3 Å². The fraction of sp³-hybridized carbons (Fsp3) is 0.400. The average molecular weight is 504 g/mol. The van der Waals surface area contributed by atoms with Gasteiger partial charge in [-0.2, -0.15) is 0 Å². The summed E-state index contributed by atoms with van der Waals surface area (Å²) in [5, 5.41) is 55.5. The first kappa shape index (κ1) is 29.4. The average Bonchev–Trinajstić information content (AvgIpc) is 2.86. The molecule has 0 aromatic heterocycles. The normalized spacial score (nSPS) is 13.5. The molecule has 0 radical (unpaired) electrons. The number of aliphatic hydroxyl groups excluding tert-OH is 6. The van der Waals surface area contributed by atoms with E-state index in [9.17, 15) is 34.5 Å². The summed E-state index contributed by atoms with van der Waals surface area (Å²) < 4.78 is 24.4. The molecule has 0 aliphatic heterocycles. The number of carbonyl (C=O) groups excluding carboxylic acids is 4. The summed E-state index contributed by atoms with van der Waals surface area (Å²) in [6.07, 6.45) is -4.29. The van der Waals surface area contributed by atoms with Crippen LogP contribution in [-0.2, 0) is 23.9 Å². The van der Waals surface area contributed by atoms with Gasteiger partial charge in [-0.05, 0) is 12.1 Å². The lowest BCUT2D eigenvalue weighted by Crippen LogP contribution is -2.31. The lowest BCUT2D eigenvalue weighted by Gasteiger charge is -2.20. The molecule has 0 fully saturated rings. The van der Waals surface area contributed by atoms with E-state index in [0.717, 1.165) is 32.4 Å². The van der Waals surface area contributed by atoms with Gasteiger partial charge in [0.05, 0.1) is 34.0 Å². The second kappa shape index (κ2) is 14.0. The number of aliphatic hydroxyl groups is 6. The predicted octanol–water partition coefficient (Wildman–Crippen LogP) is -3.34. The summed E-state index contributed by atoms with van der Waals surface area (Å²) in [6, 6.07) is 0.867. The van der Waals surface area contributed by atoms with Crippen LogP contribution in [-0.4, -0.2) is 107 Å². The van der Waals surface area contributed by atoms with E-state index in [1.54, 1.807) is 0 Å². The van der Waals surface area contributed by atoms with E-state index in [4.69, 9.17) is 34.3 Å². The van der Waals surface area contributed by atoms with Crippen LogP contribution in [0.3, 0.4) is 0 Å². The quantitative estimate of drug-likeness (QED) is 0.0927. The molecule has 3 unspecified atom stereocenters. The molecule has 35 heavy (non-hydrogen) atoms. The highest BCUT2D eigenvalue weighted by Crippen LogP contribution is 2.48. The molecule has 15 nitrogen and oxygen atoms in total. The van der Waals surface area contributed by atoms with Crippen molar-refractivity contribution in [2.45, 2.75) is 18.3 Å². The number of ether oxygens (including phenoxy) is 5. The maximum atomic E-state index is 12.1. The Morgan fingerprint density at radius 1 is 0.771 bits per heavy atom. The fourth-order valence-electron chi connectivity index (χ4n) is 2.17. The first-order valence-electron chi connectivity index (χ1n) is 9.57. The Bertz CT molecular complexity index is 954. The van der Waals surface area contributed by atoms with Crippen LogP contribution < -0.4 is 18.9 Å². The Morgan fingerprint density at radius 3 is 1.66 bits per heavy atom. The predicted molar refractivity (Wildman–Crippen MR) is 110 cm³/mol. The molecule has 0 bridgehead atoms. The third kappa shape index (κ3) is 7.99. The molecule has 0 saturated carbocycles. The molecule has 0 saturated heterocycles. The summed E-state index contributed by atoms with van der Waals surface area (Å²) in [6.45, 7) is -3.14. The maximum Gasteiger partial charge on any atom is 0.343 e. The Morgan fingerprint density at radius 2 is 1.23 bits per heavy atom. The Kier molecular flexibility index (Phi) is 11.7. The number of carbonyl (C=O) groups is 4. The topological polar surface area (TPSA) is 236 Å². The third-order valence-electron chi connectivity index (χ3n) is 3.94. The largest absolute Gasteiger partial charge is 0.490 e. The molecule has 3 atom stereocenters. The number of rotatable bonds is 12. The molecular formula is C20H24O15. The highest BCUT2D eigenvalue weighted by Gasteiger charge is 2.31. The first-order valence-corrected chi connectivity index (χ1v) is 9.57. The summed E-state index contributed by atoms with van der Waals surface area (Å²) >= 11 is 0. The van der Waals surface area contributed by atoms with Crippen molar-refractivity contribution in [3.8, 4) is 23.0 Å². The third-order valence-corrected chi connectivity index (χ3v) is 3.94. The van der Waals surface area contributed by atoms with Gasteiger partial charge in [-0.1, -0.05) is 0 Å². The van der Waals surface area contributed by atoms with Crippen molar-refractivity contribution in [2.75, 3.05) is 34.0 Å². The van der Waals surface area contributed by atoms with Crippen molar-refractivity contribution >= 4 is 30.0 Å². The van der Waals surface area contributed by atoms with E-state index < -0.39 is 85.0 Å². The van der Waals surface area contributed by atoms with Crippen molar-refractivity contribution < 1.29 is 73.5 Å². The minimum atomic E-state index is -2.06. The zero-order chi connectivity index (χ0) is 26.7. The lowest BCUT2D eigenvalue weighted by molar-refractivity contribution is -0.148. The van der Waals surface area contributed by atoms with Gasteiger partial charge in [0, 0.05) is 11.6 Å². The Hall–Kier alpha value is -3.60. The van der Waals surface area contributed by atoms with Crippen molar-refractivity contribution in [3.05, 3.63) is 17.7 Å². The van der Waals surface area contributed by atoms with Crippen molar-refractivity contribution in [1.29, 1.82) is 0 Å². The summed E-state index contributed by atoms with van der Waals surface area (Å²) in [5.74, 6) is -7.97. The number of esters is 4. The molecular weight excluding hydrogens is 480 g/mol. The minimum absolute atomic E-state index is 0.269. The Labute approximate surface area is 197 Å². The number of benzene rings is 1. The van der Waals surface area contributed by atoms with E-state index in [1.165, 1.54) is 0 Å². The van der Waals surface area contributed by atoms with E-state index >= 15 is 0 Å². The van der Waals surface area contributed by atoms with Crippen molar-refractivity contribution in [2.24, 2.45) is 0 Å². The second-order valence-corrected chi connectivity index (χ2v) is 6.37. The zero-order valence-corrected chi connectivity index (χ0v) is 18.4. The van der Waals surface area contributed by atoms with Crippen molar-refractivity contribution in [3.63, 3.8) is 0 Å². The fourth-order valence-corrected chi connectivity index (χ4v) is 2.17. The molecule has 194 valence electrons. The van der Waals surface area contributed by atoms with E-state index in [-0.39, 0.29) is 5.56 Å². The summed E-state index contributed by atoms with van der Waals surface area (Å²) in [7, 11) is 2.04. The van der Waals surface area contributed by atoms with Gasteiger partial charge in [0.25, 0.3) is 0 Å². The van der Waals surface area contributed by atoms with Gasteiger partial charge in [0.2, 0.25) is 11.5 Å². The smallest absolute Gasteiger partial charge is 0.343 e. The lowest BCUT2D eigenvalue weighted by atomic mass is 10.1. The van der Waals surface area contributed by atoms with Crippen LogP contribution in [0.15, 0.2) is 12.1 Å². The van der Waals surface area contributed by atoms with Gasteiger partial charge in [-0.3, -0.25) is 0 Å². The first-order chi connectivity index (χ1) is 16.5. The van der Waals surface area contributed by atoms with Crippen LogP contribution in [0.25, 0.3) is 6.08 Å². The highest BCUT2D eigenvalue weighted by atomic mass is 16.6. The molecule has 0 aliphatic carbocycles. The van der Waals surface area contributed by atoms with Gasteiger partial charge >= 0.3 is 23.9 Å². The molecule has 15 heteroatoms. The summed E-state index contributed by atoms with van der Waals surface area (Å²) in [4.78, 5) is 47.8. The van der Waals surface area contributed by atoms with Crippen LogP contribution in [0, 0.1) is 0 Å². The van der Waals surface area contributed by atoms with Crippen LogP contribution >= 0.6 is 0 Å². The molecule has 0 aliphatic rings. The van der Waals surface area contributed by atoms with Crippen LogP contribution in [0.1, 0.15) is 5.56 Å².